The first-order valence-electron chi connectivity index (χ1n) is 14.0. The number of ketones is 2. The van der Waals surface area contributed by atoms with Crippen LogP contribution in [-0.2, 0) is 38.2 Å². The topological polar surface area (TPSA) is 178 Å². The van der Waals surface area contributed by atoms with Gasteiger partial charge in [-0.25, -0.2) is 9.59 Å². The lowest BCUT2D eigenvalue weighted by Gasteiger charge is -2.29. The first-order valence-corrected chi connectivity index (χ1v) is 14.0. The Hall–Kier alpha value is -3.71. The number of carbonyl (C=O) groups excluding carboxylic acids is 7. The van der Waals surface area contributed by atoms with Crippen molar-refractivity contribution in [1.29, 1.82) is 0 Å². The molecule has 0 saturated carbocycles. The summed E-state index contributed by atoms with van der Waals surface area (Å²) in [6, 6.07) is 0. The number of piperidine rings is 1. The molecule has 1 atom stereocenters. The second-order valence-corrected chi connectivity index (χ2v) is 11.4. The van der Waals surface area contributed by atoms with Crippen molar-refractivity contribution < 1.29 is 47.8 Å². The summed E-state index contributed by atoms with van der Waals surface area (Å²) in [5, 5.41) is 5.82. The molecule has 0 aromatic rings. The van der Waals surface area contributed by atoms with Crippen LogP contribution in [0, 0.1) is 5.92 Å². The van der Waals surface area contributed by atoms with E-state index in [1.165, 1.54) is 4.90 Å². The van der Waals surface area contributed by atoms with Crippen LogP contribution >= 0.6 is 0 Å². The van der Waals surface area contributed by atoms with Crippen LogP contribution in [0.5, 0.6) is 0 Å². The lowest BCUT2D eigenvalue weighted by molar-refractivity contribution is -0.151. The minimum absolute atomic E-state index is 0.155. The summed E-state index contributed by atoms with van der Waals surface area (Å²) in [4.78, 5) is 80.6. The van der Waals surface area contributed by atoms with Gasteiger partial charge in [0.1, 0.15) is 28.7 Å². The number of azo groups is 1. The van der Waals surface area contributed by atoms with E-state index in [0.717, 1.165) is 0 Å². The molecule has 14 nitrogen and oxygen atoms in total. The first kappa shape index (κ1) is 38.3. The Morgan fingerprint density at radius 2 is 1.31 bits per heavy atom. The Balaban J connectivity index is 0.000000662. The summed E-state index contributed by atoms with van der Waals surface area (Å²) in [6.45, 7) is 16.0. The molecule has 2 saturated heterocycles. The van der Waals surface area contributed by atoms with Crippen LogP contribution in [0.25, 0.3) is 0 Å². The average molecular weight is 599 g/mol. The van der Waals surface area contributed by atoms with Gasteiger partial charge in [-0.2, -0.15) is 0 Å². The van der Waals surface area contributed by atoms with Gasteiger partial charge in [0.15, 0.2) is 0 Å². The fraction of sp³-hybridized carbons (Fsp3) is 0.750. The van der Waals surface area contributed by atoms with Gasteiger partial charge >= 0.3 is 18.2 Å². The summed E-state index contributed by atoms with van der Waals surface area (Å²) >= 11 is 0. The number of carbonyl (C=O) groups is 7. The third kappa shape index (κ3) is 17.2. The highest BCUT2D eigenvalue weighted by atomic mass is 16.6. The van der Waals surface area contributed by atoms with E-state index in [1.54, 1.807) is 39.5 Å². The molecule has 4 amide bonds. The van der Waals surface area contributed by atoms with E-state index in [2.05, 4.69) is 10.2 Å². The average Bonchev–Trinajstić information content (AvgIpc) is 3.08. The molecule has 0 aromatic carbocycles. The lowest BCUT2D eigenvalue weighted by Crippen LogP contribution is -2.41. The molecular formula is C28H46N4O10. The number of Topliss-reactive ketones (excluding diaryl/α,β-unsaturated/α-hetero) is 2. The highest BCUT2D eigenvalue weighted by Gasteiger charge is 2.33. The molecule has 2 rings (SSSR count). The Morgan fingerprint density at radius 1 is 0.833 bits per heavy atom. The van der Waals surface area contributed by atoms with E-state index < -0.39 is 29.2 Å². The quantitative estimate of drug-likeness (QED) is 0.152. The molecule has 0 N–H and O–H groups in total. The number of hydrogen-bond donors (Lipinski definition) is 0. The van der Waals surface area contributed by atoms with Crippen LogP contribution in [0.4, 0.5) is 9.59 Å². The minimum atomic E-state index is -0.762. The van der Waals surface area contributed by atoms with Gasteiger partial charge in [-0.1, -0.05) is 6.92 Å². The minimum Gasteiger partial charge on any atom is -0.465 e. The summed E-state index contributed by atoms with van der Waals surface area (Å²) in [5.41, 5.74) is -1.04. The number of likely N-dealkylation sites (tertiary alicyclic amines) is 2. The van der Waals surface area contributed by atoms with E-state index in [9.17, 15) is 33.6 Å². The van der Waals surface area contributed by atoms with Gasteiger partial charge in [-0.15, -0.1) is 10.2 Å². The first-order chi connectivity index (χ1) is 19.4. The van der Waals surface area contributed by atoms with Crippen molar-refractivity contribution >= 4 is 42.0 Å². The van der Waals surface area contributed by atoms with E-state index in [-0.39, 0.29) is 62.4 Å². The molecule has 2 fully saturated rings. The van der Waals surface area contributed by atoms with E-state index >= 15 is 0 Å². The predicted octanol–water partition coefficient (Wildman–Crippen LogP) is 3.88. The molecule has 238 valence electrons. The Bertz CT molecular complexity index is 972. The number of rotatable bonds is 4. The van der Waals surface area contributed by atoms with Gasteiger partial charge in [0.2, 0.25) is 0 Å². The maximum Gasteiger partial charge on any atom is 0.410 e. The van der Waals surface area contributed by atoms with Crippen molar-refractivity contribution in [3.63, 3.8) is 0 Å². The number of nitrogens with zero attached hydrogens (tertiary/aromatic N) is 4. The van der Waals surface area contributed by atoms with Gasteiger partial charge < -0.3 is 24.0 Å². The summed E-state index contributed by atoms with van der Waals surface area (Å²) in [5.74, 6) is -1.58. The summed E-state index contributed by atoms with van der Waals surface area (Å²) < 4.78 is 15.3. The third-order valence-electron chi connectivity index (χ3n) is 5.42. The zero-order valence-electron chi connectivity index (χ0n) is 26.1. The molecule has 0 radical (unpaired) electrons. The van der Waals surface area contributed by atoms with Crippen LogP contribution in [0.15, 0.2) is 10.2 Å². The van der Waals surface area contributed by atoms with Crippen molar-refractivity contribution in [3.8, 4) is 0 Å². The molecule has 14 heteroatoms. The van der Waals surface area contributed by atoms with Gasteiger partial charge in [0, 0.05) is 51.9 Å². The molecular weight excluding hydrogens is 552 g/mol. The summed E-state index contributed by atoms with van der Waals surface area (Å²) in [7, 11) is 0. The van der Waals surface area contributed by atoms with E-state index in [1.807, 2.05) is 20.8 Å². The standard InChI is InChI=1S/C14H23NO5.C10H17NO3.C4H6N2O2/c1-5-19-12(17)10-6-8-15(9-7-11(10)16)13(18)20-14(2,3)4;1-10(2,3)14-9(13)11-6-4-8(12)5-7-11;1-2-4(8)6-5-3-7/h10H,5-9H2,1-4H3;4-7H2,1-3H3;3H,2H2,1H3. The van der Waals surface area contributed by atoms with E-state index in [0.29, 0.717) is 32.5 Å². The number of ether oxygens (including phenoxy) is 3. The van der Waals surface area contributed by atoms with Gasteiger partial charge in [0.25, 0.3) is 12.3 Å². The predicted molar refractivity (Wildman–Crippen MR) is 150 cm³/mol. The molecule has 0 bridgehead atoms. The van der Waals surface area contributed by atoms with Crippen molar-refractivity contribution in [2.24, 2.45) is 16.1 Å². The van der Waals surface area contributed by atoms with Crippen LogP contribution in [-0.4, -0.2) is 95.8 Å². The molecule has 42 heavy (non-hydrogen) atoms. The molecule has 0 aliphatic carbocycles. The molecule has 2 heterocycles. The van der Waals surface area contributed by atoms with Crippen molar-refractivity contribution in [2.45, 2.75) is 98.7 Å². The van der Waals surface area contributed by atoms with E-state index in [4.69, 9.17) is 14.2 Å². The maximum absolute atomic E-state index is 12.0. The molecule has 0 spiro atoms. The summed E-state index contributed by atoms with van der Waals surface area (Å²) in [6.07, 6.45) is 1.11. The number of esters is 1. The molecule has 2 aliphatic rings. The lowest BCUT2D eigenvalue weighted by atomic mass is 10.00. The Labute approximate surface area is 247 Å². The SMILES string of the molecule is CC(C)(C)OC(=O)N1CCC(=O)CC1.CCC(=O)N=NC=O.CCOC(=O)C1CCN(C(=O)OC(C)(C)C)CCC1=O. The Kier molecular flexibility index (Phi) is 17.0. The third-order valence-corrected chi connectivity index (χ3v) is 5.42. The second kappa shape index (κ2) is 18.7. The number of hydrogen-bond acceptors (Lipinski definition) is 10. The zero-order valence-corrected chi connectivity index (χ0v) is 26.1. The zero-order chi connectivity index (χ0) is 32.5. The van der Waals surface area contributed by atoms with Crippen LogP contribution in [0.2, 0.25) is 0 Å². The highest BCUT2D eigenvalue weighted by Crippen LogP contribution is 2.18. The van der Waals surface area contributed by atoms with Crippen LogP contribution < -0.4 is 0 Å². The molecule has 0 aromatic heterocycles. The maximum atomic E-state index is 12.0. The van der Waals surface area contributed by atoms with Crippen LogP contribution in [0.1, 0.15) is 87.5 Å². The molecule has 2 aliphatic heterocycles. The Morgan fingerprint density at radius 3 is 1.74 bits per heavy atom. The largest absolute Gasteiger partial charge is 0.465 e. The number of amides is 4. The second-order valence-electron chi connectivity index (χ2n) is 11.4. The fourth-order valence-corrected chi connectivity index (χ4v) is 3.40. The smallest absolute Gasteiger partial charge is 0.410 e. The van der Waals surface area contributed by atoms with Crippen LogP contribution in [0.3, 0.4) is 0 Å². The normalized spacial score (nSPS) is 17.6. The van der Waals surface area contributed by atoms with Crippen molar-refractivity contribution in [1.82, 2.24) is 9.80 Å². The van der Waals surface area contributed by atoms with Gasteiger partial charge in [0.05, 0.1) is 6.61 Å². The highest BCUT2D eigenvalue weighted by molar-refractivity contribution is 5.99. The van der Waals surface area contributed by atoms with Gasteiger partial charge in [-0.3, -0.25) is 24.0 Å². The monoisotopic (exact) mass is 598 g/mol. The van der Waals surface area contributed by atoms with Gasteiger partial charge in [-0.05, 0) is 54.9 Å². The molecule has 1 unspecified atom stereocenters. The van der Waals surface area contributed by atoms with Crippen molar-refractivity contribution in [3.05, 3.63) is 0 Å². The fourth-order valence-electron chi connectivity index (χ4n) is 3.40. The van der Waals surface area contributed by atoms with Crippen molar-refractivity contribution in [2.75, 3.05) is 32.8 Å².